The van der Waals surface area contributed by atoms with Gasteiger partial charge in [0.2, 0.25) is 0 Å². The molecular formula is C13H18N2O2. The van der Waals surface area contributed by atoms with Crippen molar-refractivity contribution in [2.24, 2.45) is 0 Å². The fraction of sp³-hybridized carbons (Fsp3) is 0.538. The number of hydrogen-bond donors (Lipinski definition) is 2. The lowest BCUT2D eigenvalue weighted by atomic mass is 9.69. The lowest BCUT2D eigenvalue weighted by Crippen LogP contribution is -2.55. The normalized spacial score (nSPS) is 27.6. The molecule has 1 aromatic rings. The summed E-state index contributed by atoms with van der Waals surface area (Å²) in [5.41, 5.74) is -0.355. The van der Waals surface area contributed by atoms with Gasteiger partial charge in [0.05, 0.1) is 5.69 Å². The quantitative estimate of drug-likeness (QED) is 0.815. The van der Waals surface area contributed by atoms with Gasteiger partial charge in [-0.3, -0.25) is 9.78 Å². The van der Waals surface area contributed by atoms with Crippen molar-refractivity contribution in [3.05, 3.63) is 30.1 Å². The van der Waals surface area contributed by atoms with Crippen LogP contribution < -0.4 is 5.32 Å². The van der Waals surface area contributed by atoms with E-state index in [2.05, 4.69) is 10.3 Å². The monoisotopic (exact) mass is 234 g/mol. The van der Waals surface area contributed by atoms with E-state index in [-0.39, 0.29) is 5.54 Å². The average molecular weight is 234 g/mol. The van der Waals surface area contributed by atoms with Crippen molar-refractivity contribution in [2.75, 3.05) is 6.54 Å². The van der Waals surface area contributed by atoms with Gasteiger partial charge in [-0.1, -0.05) is 6.07 Å². The van der Waals surface area contributed by atoms with Crippen LogP contribution in [0.2, 0.25) is 0 Å². The van der Waals surface area contributed by atoms with Crippen LogP contribution in [-0.2, 0) is 10.2 Å². The second kappa shape index (κ2) is 4.11. The maximum absolute atomic E-state index is 11.7. The van der Waals surface area contributed by atoms with Crippen LogP contribution in [0.15, 0.2) is 24.4 Å². The number of pyridine rings is 1. The molecular weight excluding hydrogens is 216 g/mol. The van der Waals surface area contributed by atoms with E-state index in [1.807, 2.05) is 32.0 Å². The number of carboxylic acid groups (broad SMARTS) is 1. The maximum atomic E-state index is 11.7. The molecule has 0 radical (unpaired) electrons. The van der Waals surface area contributed by atoms with Crippen molar-refractivity contribution in [1.82, 2.24) is 10.3 Å². The number of hydrogen-bond acceptors (Lipinski definition) is 3. The van der Waals surface area contributed by atoms with Gasteiger partial charge in [-0.05, 0) is 45.4 Å². The molecule has 2 rings (SSSR count). The van der Waals surface area contributed by atoms with Gasteiger partial charge < -0.3 is 10.4 Å². The molecule has 1 aliphatic heterocycles. The van der Waals surface area contributed by atoms with Gasteiger partial charge in [-0.2, -0.15) is 0 Å². The summed E-state index contributed by atoms with van der Waals surface area (Å²) in [6, 6.07) is 5.48. The Kier molecular flexibility index (Phi) is 2.91. The minimum absolute atomic E-state index is 0.172. The molecule has 2 N–H and O–H groups in total. The average Bonchev–Trinajstić information content (AvgIpc) is 2.28. The van der Waals surface area contributed by atoms with E-state index in [4.69, 9.17) is 0 Å². The van der Waals surface area contributed by atoms with Gasteiger partial charge in [-0.25, -0.2) is 0 Å². The highest BCUT2D eigenvalue weighted by Gasteiger charge is 2.47. The molecule has 0 amide bonds. The smallest absolute Gasteiger partial charge is 0.315 e. The van der Waals surface area contributed by atoms with Crippen LogP contribution in [0.5, 0.6) is 0 Å². The summed E-state index contributed by atoms with van der Waals surface area (Å²) in [6.07, 6.45) is 2.81. The van der Waals surface area contributed by atoms with Crippen molar-refractivity contribution in [2.45, 2.75) is 37.6 Å². The van der Waals surface area contributed by atoms with E-state index in [1.54, 1.807) is 6.20 Å². The molecule has 0 aromatic carbocycles. The lowest BCUT2D eigenvalue weighted by molar-refractivity contribution is -0.146. The van der Waals surface area contributed by atoms with Gasteiger partial charge in [0.25, 0.3) is 0 Å². The van der Waals surface area contributed by atoms with E-state index < -0.39 is 11.4 Å². The molecule has 92 valence electrons. The third-order valence-electron chi connectivity index (χ3n) is 3.46. The first-order valence-electron chi connectivity index (χ1n) is 5.86. The topological polar surface area (TPSA) is 62.2 Å². The summed E-state index contributed by atoms with van der Waals surface area (Å²) < 4.78 is 0. The van der Waals surface area contributed by atoms with Crippen LogP contribution in [0.4, 0.5) is 0 Å². The van der Waals surface area contributed by atoms with Gasteiger partial charge >= 0.3 is 5.97 Å². The summed E-state index contributed by atoms with van der Waals surface area (Å²) >= 11 is 0. The number of aliphatic carboxylic acids is 1. The molecule has 1 saturated heterocycles. The molecule has 1 atom stereocenters. The van der Waals surface area contributed by atoms with E-state index in [0.29, 0.717) is 25.1 Å². The number of nitrogens with zero attached hydrogens (tertiary/aromatic N) is 1. The van der Waals surface area contributed by atoms with Gasteiger partial charge in [-0.15, -0.1) is 0 Å². The minimum atomic E-state index is -0.851. The van der Waals surface area contributed by atoms with Crippen LogP contribution >= 0.6 is 0 Å². The van der Waals surface area contributed by atoms with Crippen molar-refractivity contribution < 1.29 is 9.90 Å². The highest BCUT2D eigenvalue weighted by atomic mass is 16.4. The molecule has 0 saturated carbocycles. The van der Waals surface area contributed by atoms with Crippen LogP contribution in [-0.4, -0.2) is 28.1 Å². The van der Waals surface area contributed by atoms with Gasteiger partial charge in [0, 0.05) is 11.7 Å². The number of carbonyl (C=O) groups is 1. The zero-order valence-electron chi connectivity index (χ0n) is 10.2. The Labute approximate surface area is 101 Å². The Morgan fingerprint density at radius 3 is 2.76 bits per heavy atom. The minimum Gasteiger partial charge on any atom is -0.481 e. The first-order chi connectivity index (χ1) is 7.96. The second-order valence-electron chi connectivity index (χ2n) is 5.34. The fourth-order valence-corrected chi connectivity index (χ4v) is 2.68. The van der Waals surface area contributed by atoms with Crippen molar-refractivity contribution in [3.8, 4) is 0 Å². The van der Waals surface area contributed by atoms with Crippen LogP contribution in [0, 0.1) is 0 Å². The zero-order valence-corrected chi connectivity index (χ0v) is 10.2. The molecule has 1 aromatic heterocycles. The molecule has 4 heteroatoms. The molecule has 2 heterocycles. The second-order valence-corrected chi connectivity index (χ2v) is 5.34. The Bertz CT molecular complexity index is 417. The standard InChI is InChI=1S/C13H18N2O2/c1-12(2)9-13(11(16)17,6-8-15-12)10-5-3-4-7-14-10/h3-5,7,15H,6,8-9H2,1-2H3,(H,16,17). The maximum Gasteiger partial charge on any atom is 0.315 e. The molecule has 0 bridgehead atoms. The Balaban J connectivity index is 2.44. The highest BCUT2D eigenvalue weighted by Crippen LogP contribution is 2.38. The fourth-order valence-electron chi connectivity index (χ4n) is 2.68. The zero-order chi connectivity index (χ0) is 12.5. The summed E-state index contributed by atoms with van der Waals surface area (Å²) in [5.74, 6) is -0.772. The molecule has 1 fully saturated rings. The molecule has 0 spiro atoms. The van der Waals surface area contributed by atoms with Crippen molar-refractivity contribution in [1.29, 1.82) is 0 Å². The molecule has 1 unspecified atom stereocenters. The summed E-state index contributed by atoms with van der Waals surface area (Å²) in [4.78, 5) is 15.9. The first kappa shape index (κ1) is 12.0. The Morgan fingerprint density at radius 1 is 1.47 bits per heavy atom. The third-order valence-corrected chi connectivity index (χ3v) is 3.46. The van der Waals surface area contributed by atoms with E-state index >= 15 is 0 Å². The van der Waals surface area contributed by atoms with Crippen LogP contribution in [0.3, 0.4) is 0 Å². The number of piperidine rings is 1. The Morgan fingerprint density at radius 2 is 2.24 bits per heavy atom. The largest absolute Gasteiger partial charge is 0.481 e. The molecule has 17 heavy (non-hydrogen) atoms. The van der Waals surface area contributed by atoms with Crippen molar-refractivity contribution in [3.63, 3.8) is 0 Å². The first-order valence-corrected chi connectivity index (χ1v) is 5.86. The van der Waals surface area contributed by atoms with Gasteiger partial charge in [0.1, 0.15) is 5.41 Å². The van der Waals surface area contributed by atoms with Gasteiger partial charge in [0.15, 0.2) is 0 Å². The van der Waals surface area contributed by atoms with E-state index in [0.717, 1.165) is 0 Å². The molecule has 4 nitrogen and oxygen atoms in total. The lowest BCUT2D eigenvalue weighted by Gasteiger charge is -2.42. The molecule has 1 aliphatic rings. The Hall–Kier alpha value is -1.42. The summed E-state index contributed by atoms with van der Waals surface area (Å²) in [5, 5.41) is 13.0. The molecule has 0 aliphatic carbocycles. The number of rotatable bonds is 2. The van der Waals surface area contributed by atoms with Crippen LogP contribution in [0.1, 0.15) is 32.4 Å². The number of nitrogens with one attached hydrogen (secondary N) is 1. The highest BCUT2D eigenvalue weighted by molar-refractivity contribution is 5.81. The predicted octanol–water partition coefficient (Wildman–Crippen LogP) is 1.57. The van der Waals surface area contributed by atoms with E-state index in [1.165, 1.54) is 0 Å². The third kappa shape index (κ3) is 2.17. The summed E-state index contributed by atoms with van der Waals surface area (Å²) in [6.45, 7) is 4.77. The SMILES string of the molecule is CC1(C)CC(C(=O)O)(c2ccccn2)CCN1. The van der Waals surface area contributed by atoms with Crippen LogP contribution in [0.25, 0.3) is 0 Å². The predicted molar refractivity (Wildman–Crippen MR) is 64.9 cm³/mol. The number of carboxylic acids is 1. The number of aromatic nitrogens is 1. The van der Waals surface area contributed by atoms with E-state index in [9.17, 15) is 9.90 Å². The van der Waals surface area contributed by atoms with Crippen molar-refractivity contribution >= 4 is 5.97 Å². The summed E-state index contributed by atoms with van der Waals surface area (Å²) in [7, 11) is 0.